The van der Waals surface area contributed by atoms with E-state index >= 15 is 0 Å². The van der Waals surface area contributed by atoms with Gasteiger partial charge in [0.1, 0.15) is 6.04 Å². The van der Waals surface area contributed by atoms with Gasteiger partial charge in [0.25, 0.3) is 0 Å². The van der Waals surface area contributed by atoms with Crippen LogP contribution in [-0.2, 0) is 4.79 Å². The van der Waals surface area contributed by atoms with E-state index in [4.69, 9.17) is 16.6 Å². The van der Waals surface area contributed by atoms with Gasteiger partial charge < -0.3 is 21.5 Å². The van der Waals surface area contributed by atoms with Gasteiger partial charge in [-0.1, -0.05) is 0 Å². The molecule has 1 heterocycles. The number of aliphatic carboxylic acids is 1. The smallest absolute Gasteiger partial charge is 0.320 e. The first-order chi connectivity index (χ1) is 7.00. The molecule has 1 rings (SSSR count). The standard InChI is InChI=1S/C10H21N3O2/c1-13-4-2-3-7(6-13)8(11)5-9(12)10(14)15/h7-9H,2-6,11-12H2,1H3,(H,14,15). The third kappa shape index (κ3) is 3.77. The van der Waals surface area contributed by atoms with E-state index in [1.807, 2.05) is 0 Å². The summed E-state index contributed by atoms with van der Waals surface area (Å²) in [6.45, 7) is 2.06. The summed E-state index contributed by atoms with van der Waals surface area (Å²) in [4.78, 5) is 12.8. The molecule has 1 saturated heterocycles. The molecule has 0 aromatic heterocycles. The molecule has 15 heavy (non-hydrogen) atoms. The molecule has 0 saturated carbocycles. The van der Waals surface area contributed by atoms with E-state index in [0.29, 0.717) is 12.3 Å². The topological polar surface area (TPSA) is 92.6 Å². The number of likely N-dealkylation sites (tertiary alicyclic amines) is 1. The highest BCUT2D eigenvalue weighted by Crippen LogP contribution is 2.19. The first kappa shape index (κ1) is 12.4. The van der Waals surface area contributed by atoms with Crippen molar-refractivity contribution in [2.45, 2.75) is 31.3 Å². The molecule has 5 nitrogen and oxygen atoms in total. The third-order valence-corrected chi connectivity index (χ3v) is 3.11. The summed E-state index contributed by atoms with van der Waals surface area (Å²) in [6, 6.07) is -0.925. The molecule has 0 spiro atoms. The molecule has 0 aliphatic carbocycles. The van der Waals surface area contributed by atoms with Crippen molar-refractivity contribution in [1.29, 1.82) is 0 Å². The SMILES string of the molecule is CN1CCCC(C(N)CC(N)C(=O)O)C1. The molecule has 1 fully saturated rings. The van der Waals surface area contributed by atoms with Crippen LogP contribution in [-0.4, -0.2) is 48.2 Å². The second-order valence-electron chi connectivity index (χ2n) is 4.51. The molecule has 0 radical (unpaired) electrons. The highest BCUT2D eigenvalue weighted by molar-refractivity contribution is 5.73. The van der Waals surface area contributed by atoms with Crippen LogP contribution in [0.15, 0.2) is 0 Å². The minimum atomic E-state index is -0.963. The van der Waals surface area contributed by atoms with E-state index in [1.165, 1.54) is 0 Å². The van der Waals surface area contributed by atoms with Crippen LogP contribution in [0.2, 0.25) is 0 Å². The number of piperidine rings is 1. The number of hydrogen-bond acceptors (Lipinski definition) is 4. The van der Waals surface area contributed by atoms with E-state index in [9.17, 15) is 4.79 Å². The fraction of sp³-hybridized carbons (Fsp3) is 0.900. The van der Waals surface area contributed by atoms with Crippen molar-refractivity contribution in [1.82, 2.24) is 4.90 Å². The van der Waals surface area contributed by atoms with Gasteiger partial charge in [0.2, 0.25) is 0 Å². The van der Waals surface area contributed by atoms with Gasteiger partial charge in [-0.05, 0) is 38.8 Å². The average molecular weight is 215 g/mol. The summed E-state index contributed by atoms with van der Waals surface area (Å²) >= 11 is 0. The highest BCUT2D eigenvalue weighted by Gasteiger charge is 2.26. The van der Waals surface area contributed by atoms with Gasteiger partial charge in [0, 0.05) is 12.6 Å². The summed E-state index contributed by atoms with van der Waals surface area (Å²) in [5.41, 5.74) is 11.4. The Morgan fingerprint density at radius 1 is 1.60 bits per heavy atom. The molecule has 3 atom stereocenters. The first-order valence-corrected chi connectivity index (χ1v) is 5.43. The van der Waals surface area contributed by atoms with E-state index in [2.05, 4.69) is 11.9 Å². The molecule has 5 heteroatoms. The van der Waals surface area contributed by atoms with Crippen molar-refractivity contribution < 1.29 is 9.90 Å². The highest BCUT2D eigenvalue weighted by atomic mass is 16.4. The van der Waals surface area contributed by atoms with E-state index in [0.717, 1.165) is 25.9 Å². The van der Waals surface area contributed by atoms with E-state index in [1.54, 1.807) is 0 Å². The summed E-state index contributed by atoms with van der Waals surface area (Å²) in [5, 5.41) is 8.69. The third-order valence-electron chi connectivity index (χ3n) is 3.11. The minimum absolute atomic E-state index is 0.0983. The zero-order chi connectivity index (χ0) is 11.4. The molecular formula is C10H21N3O2. The lowest BCUT2D eigenvalue weighted by Crippen LogP contribution is -2.46. The zero-order valence-electron chi connectivity index (χ0n) is 9.22. The monoisotopic (exact) mass is 215 g/mol. The largest absolute Gasteiger partial charge is 0.480 e. The molecule has 5 N–H and O–H groups in total. The van der Waals surface area contributed by atoms with E-state index in [-0.39, 0.29) is 6.04 Å². The van der Waals surface area contributed by atoms with Crippen LogP contribution in [0.5, 0.6) is 0 Å². The fourth-order valence-corrected chi connectivity index (χ4v) is 2.14. The number of rotatable bonds is 4. The Hall–Kier alpha value is -0.650. The molecule has 0 bridgehead atoms. The van der Waals surface area contributed by atoms with Crippen molar-refractivity contribution in [2.24, 2.45) is 17.4 Å². The quantitative estimate of drug-likeness (QED) is 0.585. The van der Waals surface area contributed by atoms with Gasteiger partial charge >= 0.3 is 5.97 Å². The molecular weight excluding hydrogens is 194 g/mol. The molecule has 1 aliphatic heterocycles. The van der Waals surface area contributed by atoms with Crippen molar-refractivity contribution in [2.75, 3.05) is 20.1 Å². The van der Waals surface area contributed by atoms with Gasteiger partial charge in [0.15, 0.2) is 0 Å². The normalized spacial score (nSPS) is 27.3. The van der Waals surface area contributed by atoms with Crippen molar-refractivity contribution >= 4 is 5.97 Å². The van der Waals surface area contributed by atoms with E-state index < -0.39 is 12.0 Å². The second-order valence-corrected chi connectivity index (χ2v) is 4.51. The summed E-state index contributed by atoms with van der Waals surface area (Å²) < 4.78 is 0. The van der Waals surface area contributed by atoms with Crippen molar-refractivity contribution in [3.63, 3.8) is 0 Å². The number of carboxylic acid groups (broad SMARTS) is 1. The molecule has 88 valence electrons. The zero-order valence-corrected chi connectivity index (χ0v) is 9.22. The molecule has 0 amide bonds. The maximum Gasteiger partial charge on any atom is 0.320 e. The Morgan fingerprint density at radius 3 is 2.80 bits per heavy atom. The maximum atomic E-state index is 10.6. The lowest BCUT2D eigenvalue weighted by atomic mass is 9.88. The van der Waals surface area contributed by atoms with Gasteiger partial charge in [-0.15, -0.1) is 0 Å². The Morgan fingerprint density at radius 2 is 2.27 bits per heavy atom. The summed E-state index contributed by atoms with van der Waals surface area (Å²) in [6.07, 6.45) is 2.59. The molecule has 1 aliphatic rings. The number of nitrogens with zero attached hydrogens (tertiary/aromatic N) is 1. The van der Waals surface area contributed by atoms with Crippen molar-refractivity contribution in [3.05, 3.63) is 0 Å². The van der Waals surface area contributed by atoms with Crippen LogP contribution in [0, 0.1) is 5.92 Å². The second kappa shape index (κ2) is 5.44. The van der Waals surface area contributed by atoms with Gasteiger partial charge in [-0.2, -0.15) is 0 Å². The number of nitrogens with two attached hydrogens (primary N) is 2. The lowest BCUT2D eigenvalue weighted by molar-refractivity contribution is -0.138. The number of hydrogen-bond donors (Lipinski definition) is 3. The summed E-state index contributed by atoms with van der Waals surface area (Å²) in [7, 11) is 2.07. The first-order valence-electron chi connectivity index (χ1n) is 5.43. The van der Waals surface area contributed by atoms with Crippen molar-refractivity contribution in [3.8, 4) is 0 Å². The fourth-order valence-electron chi connectivity index (χ4n) is 2.14. The summed E-state index contributed by atoms with van der Waals surface area (Å²) in [5.74, 6) is -0.580. The lowest BCUT2D eigenvalue weighted by Gasteiger charge is -2.33. The molecule has 0 aromatic carbocycles. The minimum Gasteiger partial charge on any atom is -0.480 e. The van der Waals surface area contributed by atoms with Crippen LogP contribution in [0.3, 0.4) is 0 Å². The van der Waals surface area contributed by atoms with Gasteiger partial charge in [0.05, 0.1) is 0 Å². The Kier molecular flexibility index (Phi) is 4.50. The van der Waals surface area contributed by atoms with Crippen LogP contribution in [0.1, 0.15) is 19.3 Å². The van der Waals surface area contributed by atoms with Crippen LogP contribution in [0.25, 0.3) is 0 Å². The van der Waals surface area contributed by atoms with Gasteiger partial charge in [-0.25, -0.2) is 0 Å². The predicted octanol–water partition coefficient (Wildman–Crippen LogP) is -0.542. The molecule has 3 unspecified atom stereocenters. The van der Waals surface area contributed by atoms with Crippen LogP contribution in [0.4, 0.5) is 0 Å². The predicted molar refractivity (Wildman–Crippen MR) is 58.4 cm³/mol. The van der Waals surface area contributed by atoms with Crippen LogP contribution < -0.4 is 11.5 Å². The Labute approximate surface area is 90.4 Å². The van der Waals surface area contributed by atoms with Gasteiger partial charge in [-0.3, -0.25) is 4.79 Å². The van der Waals surface area contributed by atoms with Crippen LogP contribution >= 0.6 is 0 Å². The average Bonchev–Trinajstić information content (AvgIpc) is 2.17. The Balaban J connectivity index is 2.38. The molecule has 0 aromatic rings. The maximum absolute atomic E-state index is 10.6. The number of carbonyl (C=O) groups is 1. The number of carboxylic acids is 1. The Bertz CT molecular complexity index is 223.